The molecule has 4 nitrogen and oxygen atoms in total. The Labute approximate surface area is 83.8 Å². The molecule has 14 heavy (non-hydrogen) atoms. The molecule has 0 aliphatic carbocycles. The van der Waals surface area contributed by atoms with Crippen molar-refractivity contribution in [1.82, 2.24) is 9.97 Å². The first-order valence-electron chi connectivity index (χ1n) is 4.53. The third kappa shape index (κ3) is 3.98. The Morgan fingerprint density at radius 1 is 1.43 bits per heavy atom. The first-order valence-corrected chi connectivity index (χ1v) is 4.53. The molecule has 1 rings (SSSR count). The SMILES string of the molecule is CC(C)(C)CC(=O)Nc1cnccn1. The van der Waals surface area contributed by atoms with E-state index in [1.54, 1.807) is 12.4 Å². The molecule has 1 aromatic rings. The number of rotatable bonds is 2. The zero-order valence-electron chi connectivity index (χ0n) is 8.74. The number of aromatic nitrogens is 2. The van der Waals surface area contributed by atoms with Gasteiger partial charge in [-0.15, -0.1) is 0 Å². The Balaban J connectivity index is 2.50. The van der Waals surface area contributed by atoms with E-state index >= 15 is 0 Å². The highest BCUT2D eigenvalue weighted by Crippen LogP contribution is 2.18. The lowest BCUT2D eigenvalue weighted by molar-refractivity contribution is -0.117. The van der Waals surface area contributed by atoms with Gasteiger partial charge in [0, 0.05) is 18.8 Å². The van der Waals surface area contributed by atoms with E-state index in [9.17, 15) is 4.79 Å². The fourth-order valence-corrected chi connectivity index (χ4v) is 1.03. The molecule has 1 amide bonds. The number of hydrogen-bond donors (Lipinski definition) is 1. The maximum absolute atomic E-state index is 11.4. The van der Waals surface area contributed by atoms with Gasteiger partial charge in [-0.25, -0.2) is 4.98 Å². The zero-order valence-corrected chi connectivity index (χ0v) is 8.74. The molecular formula is C10H15N3O. The van der Waals surface area contributed by atoms with Crippen LogP contribution in [0.25, 0.3) is 0 Å². The number of carbonyl (C=O) groups excluding carboxylic acids is 1. The van der Waals surface area contributed by atoms with E-state index < -0.39 is 0 Å². The highest BCUT2D eigenvalue weighted by molar-refractivity contribution is 5.89. The summed E-state index contributed by atoms with van der Waals surface area (Å²) in [5.74, 6) is 0.472. The van der Waals surface area contributed by atoms with E-state index in [0.717, 1.165) is 0 Å². The van der Waals surface area contributed by atoms with Crippen LogP contribution in [-0.2, 0) is 4.79 Å². The van der Waals surface area contributed by atoms with Crippen molar-refractivity contribution in [3.05, 3.63) is 18.6 Å². The van der Waals surface area contributed by atoms with Crippen molar-refractivity contribution in [3.8, 4) is 0 Å². The largest absolute Gasteiger partial charge is 0.309 e. The van der Waals surface area contributed by atoms with Gasteiger partial charge in [0.1, 0.15) is 0 Å². The predicted octanol–water partition coefficient (Wildman–Crippen LogP) is 1.85. The Hall–Kier alpha value is -1.45. The minimum Gasteiger partial charge on any atom is -0.309 e. The number of amides is 1. The minimum atomic E-state index is -0.0296. The molecule has 0 radical (unpaired) electrons. The summed E-state index contributed by atoms with van der Waals surface area (Å²) in [6.45, 7) is 6.05. The van der Waals surface area contributed by atoms with Crippen LogP contribution in [0.15, 0.2) is 18.6 Å². The van der Waals surface area contributed by atoms with Gasteiger partial charge in [-0.05, 0) is 5.41 Å². The summed E-state index contributed by atoms with van der Waals surface area (Å²) in [4.78, 5) is 19.3. The molecule has 0 bridgehead atoms. The van der Waals surface area contributed by atoms with Crippen LogP contribution in [0.3, 0.4) is 0 Å². The van der Waals surface area contributed by atoms with Crippen molar-refractivity contribution in [2.75, 3.05) is 5.32 Å². The molecule has 0 aromatic carbocycles. The van der Waals surface area contributed by atoms with Gasteiger partial charge in [0.05, 0.1) is 6.20 Å². The summed E-state index contributed by atoms with van der Waals surface area (Å²) >= 11 is 0. The second kappa shape index (κ2) is 4.17. The van der Waals surface area contributed by atoms with Crippen molar-refractivity contribution in [1.29, 1.82) is 0 Å². The molecular weight excluding hydrogens is 178 g/mol. The van der Waals surface area contributed by atoms with Gasteiger partial charge in [0.2, 0.25) is 5.91 Å². The van der Waals surface area contributed by atoms with Gasteiger partial charge in [-0.3, -0.25) is 9.78 Å². The second-order valence-electron chi connectivity index (χ2n) is 4.38. The number of nitrogens with zero attached hydrogens (tertiary/aromatic N) is 2. The van der Waals surface area contributed by atoms with Crippen LogP contribution in [0.4, 0.5) is 5.82 Å². The zero-order chi connectivity index (χ0) is 10.6. The van der Waals surface area contributed by atoms with Gasteiger partial charge in [0.25, 0.3) is 0 Å². The lowest BCUT2D eigenvalue weighted by atomic mass is 9.92. The summed E-state index contributed by atoms with van der Waals surface area (Å²) in [6.07, 6.45) is 5.12. The standard InChI is InChI=1S/C10H15N3O/c1-10(2,3)6-9(14)13-8-7-11-4-5-12-8/h4-5,7H,6H2,1-3H3,(H,12,13,14). The Bertz CT molecular complexity index is 303. The minimum absolute atomic E-state index is 0.00765. The van der Waals surface area contributed by atoms with Gasteiger partial charge in [-0.2, -0.15) is 0 Å². The average Bonchev–Trinajstić information content (AvgIpc) is 2.02. The summed E-state index contributed by atoms with van der Waals surface area (Å²) in [6, 6.07) is 0. The maximum atomic E-state index is 11.4. The van der Waals surface area contributed by atoms with Gasteiger partial charge >= 0.3 is 0 Å². The number of nitrogens with one attached hydrogen (secondary N) is 1. The maximum Gasteiger partial charge on any atom is 0.226 e. The molecule has 0 fully saturated rings. The van der Waals surface area contributed by atoms with Crippen molar-refractivity contribution < 1.29 is 4.79 Å². The summed E-state index contributed by atoms with van der Waals surface area (Å²) in [7, 11) is 0. The van der Waals surface area contributed by atoms with Crippen LogP contribution in [0.1, 0.15) is 27.2 Å². The average molecular weight is 193 g/mol. The van der Waals surface area contributed by atoms with E-state index in [0.29, 0.717) is 12.2 Å². The number of carbonyl (C=O) groups is 1. The Morgan fingerprint density at radius 2 is 2.14 bits per heavy atom. The fraction of sp³-hybridized carbons (Fsp3) is 0.500. The smallest absolute Gasteiger partial charge is 0.226 e. The van der Waals surface area contributed by atoms with E-state index in [1.165, 1.54) is 6.20 Å². The van der Waals surface area contributed by atoms with E-state index in [-0.39, 0.29) is 11.3 Å². The van der Waals surface area contributed by atoms with Crippen LogP contribution < -0.4 is 5.32 Å². The molecule has 4 heteroatoms. The molecule has 0 saturated heterocycles. The molecule has 0 aliphatic rings. The van der Waals surface area contributed by atoms with Crippen molar-refractivity contribution in [2.45, 2.75) is 27.2 Å². The molecule has 0 spiro atoms. The monoisotopic (exact) mass is 193 g/mol. The van der Waals surface area contributed by atoms with Crippen molar-refractivity contribution >= 4 is 11.7 Å². The van der Waals surface area contributed by atoms with Gasteiger partial charge in [-0.1, -0.05) is 20.8 Å². The molecule has 0 saturated carbocycles. The topological polar surface area (TPSA) is 54.9 Å². The fourth-order valence-electron chi connectivity index (χ4n) is 1.03. The van der Waals surface area contributed by atoms with Crippen LogP contribution in [0, 0.1) is 5.41 Å². The van der Waals surface area contributed by atoms with Crippen molar-refractivity contribution in [3.63, 3.8) is 0 Å². The van der Waals surface area contributed by atoms with E-state index in [1.807, 2.05) is 20.8 Å². The Kier molecular flexibility index (Phi) is 3.17. The van der Waals surface area contributed by atoms with Crippen LogP contribution in [-0.4, -0.2) is 15.9 Å². The van der Waals surface area contributed by atoms with Crippen LogP contribution in [0.5, 0.6) is 0 Å². The first kappa shape index (κ1) is 10.6. The quantitative estimate of drug-likeness (QED) is 0.779. The molecule has 0 aliphatic heterocycles. The van der Waals surface area contributed by atoms with Gasteiger partial charge in [0.15, 0.2) is 5.82 Å². The summed E-state index contributed by atoms with van der Waals surface area (Å²) in [5, 5.41) is 2.69. The van der Waals surface area contributed by atoms with Crippen molar-refractivity contribution in [2.24, 2.45) is 5.41 Å². The van der Waals surface area contributed by atoms with E-state index in [4.69, 9.17) is 0 Å². The molecule has 0 unspecified atom stereocenters. The second-order valence-corrected chi connectivity index (χ2v) is 4.38. The lowest BCUT2D eigenvalue weighted by Gasteiger charge is -2.16. The van der Waals surface area contributed by atoms with Crippen LogP contribution >= 0.6 is 0 Å². The predicted molar refractivity (Wildman–Crippen MR) is 54.7 cm³/mol. The van der Waals surface area contributed by atoms with E-state index in [2.05, 4.69) is 15.3 Å². The molecule has 1 heterocycles. The lowest BCUT2D eigenvalue weighted by Crippen LogP contribution is -2.20. The summed E-state index contributed by atoms with van der Waals surface area (Å²) < 4.78 is 0. The number of anilines is 1. The highest BCUT2D eigenvalue weighted by atomic mass is 16.1. The summed E-state index contributed by atoms with van der Waals surface area (Å²) in [5.41, 5.74) is -0.00765. The normalized spacial score (nSPS) is 11.1. The Morgan fingerprint density at radius 3 is 2.64 bits per heavy atom. The number of hydrogen-bond acceptors (Lipinski definition) is 3. The molecule has 0 atom stereocenters. The first-order chi connectivity index (χ1) is 6.47. The molecule has 1 aromatic heterocycles. The third-order valence-electron chi connectivity index (χ3n) is 1.52. The third-order valence-corrected chi connectivity index (χ3v) is 1.52. The molecule has 76 valence electrons. The van der Waals surface area contributed by atoms with Crippen LogP contribution in [0.2, 0.25) is 0 Å². The molecule has 1 N–H and O–H groups in total. The highest BCUT2D eigenvalue weighted by Gasteiger charge is 2.15. The van der Waals surface area contributed by atoms with Gasteiger partial charge < -0.3 is 5.32 Å².